The standard InChI is InChI=1S/C17H17F3N2O2S/c18-14-3-1-13(2-4-14)12-21-7-9-22(10-8-21)25(23,24)15-5-6-16(19)17(20)11-15/h1-6,11H,7-10,12H2. The fourth-order valence-corrected chi connectivity index (χ4v) is 4.20. The van der Waals surface area contributed by atoms with E-state index in [1.165, 1.54) is 16.4 Å². The van der Waals surface area contributed by atoms with E-state index in [-0.39, 0.29) is 23.8 Å². The Morgan fingerprint density at radius 3 is 2.08 bits per heavy atom. The minimum absolute atomic E-state index is 0.251. The molecule has 0 amide bonds. The van der Waals surface area contributed by atoms with Gasteiger partial charge in [0.15, 0.2) is 11.6 Å². The molecule has 0 unspecified atom stereocenters. The minimum atomic E-state index is -3.85. The van der Waals surface area contributed by atoms with Gasteiger partial charge in [-0.3, -0.25) is 4.90 Å². The summed E-state index contributed by atoms with van der Waals surface area (Å²) in [4.78, 5) is 1.81. The fraction of sp³-hybridized carbons (Fsp3) is 0.294. The summed E-state index contributed by atoms with van der Waals surface area (Å²) in [7, 11) is -3.85. The molecular formula is C17H17F3N2O2S. The number of hydrogen-bond donors (Lipinski definition) is 0. The van der Waals surface area contributed by atoms with E-state index >= 15 is 0 Å². The molecule has 1 aliphatic rings. The maximum absolute atomic E-state index is 13.3. The highest BCUT2D eigenvalue weighted by Crippen LogP contribution is 2.20. The first kappa shape index (κ1) is 17.9. The number of halogens is 3. The van der Waals surface area contributed by atoms with Crippen molar-refractivity contribution in [3.63, 3.8) is 0 Å². The Labute approximate surface area is 144 Å². The van der Waals surface area contributed by atoms with Crippen LogP contribution in [0.4, 0.5) is 13.2 Å². The zero-order valence-electron chi connectivity index (χ0n) is 13.3. The molecule has 0 radical (unpaired) electrons. The Hall–Kier alpha value is -1.90. The molecule has 8 heteroatoms. The van der Waals surface area contributed by atoms with Crippen molar-refractivity contribution in [3.05, 3.63) is 65.5 Å². The van der Waals surface area contributed by atoms with Crippen LogP contribution in [0.15, 0.2) is 47.4 Å². The Kier molecular flexibility index (Phi) is 5.12. The molecule has 3 rings (SSSR count). The lowest BCUT2D eigenvalue weighted by Crippen LogP contribution is -2.48. The lowest BCUT2D eigenvalue weighted by molar-refractivity contribution is 0.181. The number of rotatable bonds is 4. The third-order valence-corrected chi connectivity index (χ3v) is 6.07. The molecule has 0 spiro atoms. The van der Waals surface area contributed by atoms with E-state index in [9.17, 15) is 21.6 Å². The summed E-state index contributed by atoms with van der Waals surface area (Å²) in [6.07, 6.45) is 0. The Balaban J connectivity index is 1.64. The van der Waals surface area contributed by atoms with Gasteiger partial charge in [0.05, 0.1) is 4.90 Å². The van der Waals surface area contributed by atoms with E-state index in [1.807, 2.05) is 0 Å². The number of nitrogens with zero attached hydrogens (tertiary/aromatic N) is 2. The molecule has 1 aliphatic heterocycles. The fourth-order valence-electron chi connectivity index (χ4n) is 2.76. The number of sulfonamides is 1. The second kappa shape index (κ2) is 7.15. The molecule has 0 N–H and O–H groups in total. The van der Waals surface area contributed by atoms with Crippen LogP contribution in [0.25, 0.3) is 0 Å². The van der Waals surface area contributed by atoms with Gasteiger partial charge in [-0.15, -0.1) is 0 Å². The first-order valence-corrected chi connectivity index (χ1v) is 9.22. The molecule has 1 fully saturated rings. The topological polar surface area (TPSA) is 40.6 Å². The molecule has 0 aromatic heterocycles. The van der Waals surface area contributed by atoms with E-state index in [0.717, 1.165) is 17.7 Å². The summed E-state index contributed by atoms with van der Waals surface area (Å²) >= 11 is 0. The monoisotopic (exact) mass is 370 g/mol. The Morgan fingerprint density at radius 2 is 1.48 bits per heavy atom. The van der Waals surface area contributed by atoms with Crippen molar-refractivity contribution >= 4 is 10.0 Å². The van der Waals surface area contributed by atoms with Gasteiger partial charge in [0.1, 0.15) is 5.82 Å². The van der Waals surface area contributed by atoms with Crippen molar-refractivity contribution in [1.29, 1.82) is 0 Å². The van der Waals surface area contributed by atoms with Crippen molar-refractivity contribution in [2.75, 3.05) is 26.2 Å². The average molecular weight is 370 g/mol. The largest absolute Gasteiger partial charge is 0.296 e. The Bertz CT molecular complexity index is 849. The molecular weight excluding hydrogens is 353 g/mol. The minimum Gasteiger partial charge on any atom is -0.296 e. The maximum Gasteiger partial charge on any atom is 0.243 e. The van der Waals surface area contributed by atoms with Gasteiger partial charge in [-0.05, 0) is 35.9 Å². The molecule has 1 heterocycles. The van der Waals surface area contributed by atoms with Crippen LogP contribution >= 0.6 is 0 Å². The summed E-state index contributed by atoms with van der Waals surface area (Å²) in [6.45, 7) is 2.10. The second-order valence-electron chi connectivity index (χ2n) is 5.88. The highest BCUT2D eigenvalue weighted by Gasteiger charge is 2.29. The van der Waals surface area contributed by atoms with Gasteiger partial charge in [-0.2, -0.15) is 4.31 Å². The van der Waals surface area contributed by atoms with Crippen LogP contribution in [0.3, 0.4) is 0 Å². The third-order valence-electron chi connectivity index (χ3n) is 4.18. The molecule has 0 bridgehead atoms. The quantitative estimate of drug-likeness (QED) is 0.831. The van der Waals surface area contributed by atoms with Gasteiger partial charge < -0.3 is 0 Å². The molecule has 1 saturated heterocycles. The van der Waals surface area contributed by atoms with E-state index in [2.05, 4.69) is 4.90 Å². The molecule has 0 atom stereocenters. The normalized spacial score (nSPS) is 16.9. The van der Waals surface area contributed by atoms with E-state index in [0.29, 0.717) is 25.7 Å². The molecule has 134 valence electrons. The third kappa shape index (κ3) is 4.02. The van der Waals surface area contributed by atoms with Crippen LogP contribution in [-0.2, 0) is 16.6 Å². The molecule has 2 aromatic carbocycles. The highest BCUT2D eigenvalue weighted by atomic mass is 32.2. The maximum atomic E-state index is 13.3. The lowest BCUT2D eigenvalue weighted by atomic mass is 10.2. The van der Waals surface area contributed by atoms with Crippen molar-refractivity contribution in [2.24, 2.45) is 0 Å². The Morgan fingerprint density at radius 1 is 0.840 bits per heavy atom. The second-order valence-corrected chi connectivity index (χ2v) is 7.82. The number of hydrogen-bond acceptors (Lipinski definition) is 3. The van der Waals surface area contributed by atoms with E-state index < -0.39 is 21.7 Å². The highest BCUT2D eigenvalue weighted by molar-refractivity contribution is 7.89. The van der Waals surface area contributed by atoms with Gasteiger partial charge >= 0.3 is 0 Å². The van der Waals surface area contributed by atoms with Crippen molar-refractivity contribution in [1.82, 2.24) is 9.21 Å². The first-order chi connectivity index (χ1) is 11.9. The predicted molar refractivity (Wildman–Crippen MR) is 86.8 cm³/mol. The van der Waals surface area contributed by atoms with Gasteiger partial charge in [0.2, 0.25) is 10.0 Å². The molecule has 0 saturated carbocycles. The summed E-state index contributed by atoms with van der Waals surface area (Å²) in [6, 6.07) is 8.75. The van der Waals surface area contributed by atoms with Crippen LogP contribution in [0.2, 0.25) is 0 Å². The van der Waals surface area contributed by atoms with Crippen LogP contribution in [-0.4, -0.2) is 43.8 Å². The molecule has 25 heavy (non-hydrogen) atoms. The zero-order valence-corrected chi connectivity index (χ0v) is 14.1. The SMILES string of the molecule is O=S(=O)(c1ccc(F)c(F)c1)N1CCN(Cc2ccc(F)cc2)CC1. The van der Waals surface area contributed by atoms with Crippen molar-refractivity contribution in [2.45, 2.75) is 11.4 Å². The zero-order chi connectivity index (χ0) is 18.0. The lowest BCUT2D eigenvalue weighted by Gasteiger charge is -2.34. The first-order valence-electron chi connectivity index (χ1n) is 7.78. The summed E-state index contributed by atoms with van der Waals surface area (Å²) in [5.74, 6) is -2.56. The average Bonchev–Trinajstić information content (AvgIpc) is 2.60. The van der Waals surface area contributed by atoms with Crippen molar-refractivity contribution in [3.8, 4) is 0 Å². The van der Waals surface area contributed by atoms with Gasteiger partial charge in [-0.25, -0.2) is 21.6 Å². The summed E-state index contributed by atoms with van der Waals surface area (Å²) < 4.78 is 65.6. The van der Waals surface area contributed by atoms with Gasteiger partial charge in [0.25, 0.3) is 0 Å². The van der Waals surface area contributed by atoms with Crippen LogP contribution in [0.1, 0.15) is 5.56 Å². The van der Waals surface area contributed by atoms with Crippen LogP contribution in [0.5, 0.6) is 0 Å². The van der Waals surface area contributed by atoms with Crippen LogP contribution < -0.4 is 0 Å². The molecule has 0 aliphatic carbocycles. The van der Waals surface area contributed by atoms with Crippen molar-refractivity contribution < 1.29 is 21.6 Å². The van der Waals surface area contributed by atoms with E-state index in [1.54, 1.807) is 12.1 Å². The van der Waals surface area contributed by atoms with E-state index in [4.69, 9.17) is 0 Å². The summed E-state index contributed by atoms with van der Waals surface area (Å²) in [5.41, 5.74) is 0.943. The van der Waals surface area contributed by atoms with Gasteiger partial charge in [-0.1, -0.05) is 12.1 Å². The molecule has 2 aromatic rings. The number of benzene rings is 2. The van der Waals surface area contributed by atoms with Gasteiger partial charge in [0, 0.05) is 32.7 Å². The number of piperazine rings is 1. The summed E-state index contributed by atoms with van der Waals surface area (Å²) in [5, 5.41) is 0. The molecule has 4 nitrogen and oxygen atoms in total. The smallest absolute Gasteiger partial charge is 0.243 e. The van der Waals surface area contributed by atoms with Crippen LogP contribution in [0, 0.1) is 17.5 Å². The predicted octanol–water partition coefficient (Wildman–Crippen LogP) is 2.61.